The topological polar surface area (TPSA) is 37.4 Å². The van der Waals surface area contributed by atoms with E-state index in [1.807, 2.05) is 12.1 Å². The highest BCUT2D eigenvalue weighted by atomic mass is 35.5. The van der Waals surface area contributed by atoms with Gasteiger partial charge in [-0.3, -0.25) is 4.99 Å². The molecule has 1 aromatic rings. The van der Waals surface area contributed by atoms with Crippen LogP contribution in [0.25, 0.3) is 0 Å². The van der Waals surface area contributed by atoms with Crippen LogP contribution in [0.15, 0.2) is 29.3 Å². The molecule has 29 heavy (non-hydrogen) atoms. The van der Waals surface area contributed by atoms with Gasteiger partial charge < -0.3 is 24.9 Å². The monoisotopic (exact) mass is 420 g/mol. The Kier molecular flexibility index (Phi) is 8.90. The fraction of sp³-hybridized carbons (Fsp3) is 0.682. The normalized spacial score (nSPS) is 20.0. The maximum atomic E-state index is 6.16. The molecule has 0 unspecified atom stereocenters. The van der Waals surface area contributed by atoms with Gasteiger partial charge in [-0.15, -0.1) is 0 Å². The average Bonchev–Trinajstić information content (AvgIpc) is 2.94. The zero-order valence-corrected chi connectivity index (χ0v) is 18.9. The standard InChI is InChI=1S/C22H37ClN6/c1-3-24-22(25-9-5-11-27-12-6-10-26(2)13-14-27)29-17-15-28(16-18-29)21-8-4-7-20(23)19-21/h4,7-8,19H,3,5-6,9-18H2,1-2H3,(H,24,25). The average molecular weight is 421 g/mol. The Bertz CT molecular complexity index is 644. The maximum absolute atomic E-state index is 6.16. The molecule has 0 amide bonds. The van der Waals surface area contributed by atoms with Crippen molar-refractivity contribution in [3.05, 3.63) is 29.3 Å². The minimum Gasteiger partial charge on any atom is -0.368 e. The van der Waals surface area contributed by atoms with Gasteiger partial charge in [-0.2, -0.15) is 0 Å². The smallest absolute Gasteiger partial charge is 0.194 e. The summed E-state index contributed by atoms with van der Waals surface area (Å²) in [7, 11) is 2.22. The summed E-state index contributed by atoms with van der Waals surface area (Å²) in [4.78, 5) is 14.8. The zero-order valence-electron chi connectivity index (χ0n) is 18.1. The predicted molar refractivity (Wildman–Crippen MR) is 124 cm³/mol. The third-order valence-electron chi connectivity index (χ3n) is 5.79. The lowest BCUT2D eigenvalue weighted by molar-refractivity contribution is 0.274. The summed E-state index contributed by atoms with van der Waals surface area (Å²) in [5.41, 5.74) is 1.21. The Morgan fingerprint density at radius 2 is 1.90 bits per heavy atom. The minimum atomic E-state index is 0.802. The number of hydrogen-bond acceptors (Lipinski definition) is 4. The van der Waals surface area contributed by atoms with Crippen molar-refractivity contribution in [2.75, 3.05) is 83.9 Å². The maximum Gasteiger partial charge on any atom is 0.194 e. The number of aliphatic imine (C=N–C) groups is 1. The molecule has 2 aliphatic rings. The third kappa shape index (κ3) is 7.05. The van der Waals surface area contributed by atoms with Crippen molar-refractivity contribution in [3.63, 3.8) is 0 Å². The van der Waals surface area contributed by atoms with E-state index in [2.05, 4.69) is 51.0 Å². The first kappa shape index (κ1) is 22.2. The number of rotatable bonds is 6. The third-order valence-corrected chi connectivity index (χ3v) is 6.03. The van der Waals surface area contributed by atoms with E-state index in [-0.39, 0.29) is 0 Å². The van der Waals surface area contributed by atoms with Crippen LogP contribution in [0.5, 0.6) is 0 Å². The van der Waals surface area contributed by atoms with E-state index >= 15 is 0 Å². The van der Waals surface area contributed by atoms with Gasteiger partial charge in [0.15, 0.2) is 5.96 Å². The van der Waals surface area contributed by atoms with Crippen LogP contribution in [0.4, 0.5) is 5.69 Å². The molecular formula is C22H37ClN6. The van der Waals surface area contributed by atoms with Crippen LogP contribution in [-0.4, -0.2) is 99.7 Å². The van der Waals surface area contributed by atoms with Crippen molar-refractivity contribution in [2.24, 2.45) is 4.99 Å². The number of guanidine groups is 1. The van der Waals surface area contributed by atoms with Crippen molar-refractivity contribution in [2.45, 2.75) is 19.8 Å². The lowest BCUT2D eigenvalue weighted by atomic mass is 10.2. The van der Waals surface area contributed by atoms with E-state index in [9.17, 15) is 0 Å². The largest absolute Gasteiger partial charge is 0.368 e. The number of nitrogens with one attached hydrogen (secondary N) is 1. The number of nitrogens with zero attached hydrogens (tertiary/aromatic N) is 5. The van der Waals surface area contributed by atoms with Crippen LogP contribution in [-0.2, 0) is 0 Å². The number of piperazine rings is 1. The molecule has 0 spiro atoms. The first-order valence-electron chi connectivity index (χ1n) is 11.1. The molecule has 0 aromatic heterocycles. The number of anilines is 1. The summed E-state index contributed by atoms with van der Waals surface area (Å²) in [5, 5.41) is 4.29. The summed E-state index contributed by atoms with van der Waals surface area (Å²) < 4.78 is 0. The molecule has 1 N–H and O–H groups in total. The molecule has 0 saturated carbocycles. The van der Waals surface area contributed by atoms with E-state index in [0.29, 0.717) is 0 Å². The Morgan fingerprint density at radius 3 is 2.66 bits per heavy atom. The molecule has 0 radical (unpaired) electrons. The van der Waals surface area contributed by atoms with Gasteiger partial charge in [-0.1, -0.05) is 17.7 Å². The van der Waals surface area contributed by atoms with Crippen molar-refractivity contribution in [1.82, 2.24) is 20.0 Å². The number of benzene rings is 1. The highest BCUT2D eigenvalue weighted by Crippen LogP contribution is 2.20. The number of likely N-dealkylation sites (N-methyl/N-ethyl adjacent to an activating group) is 1. The molecule has 3 rings (SSSR count). The molecule has 2 fully saturated rings. The van der Waals surface area contributed by atoms with Crippen LogP contribution in [0, 0.1) is 0 Å². The van der Waals surface area contributed by atoms with Gasteiger partial charge in [0.05, 0.1) is 0 Å². The predicted octanol–water partition coefficient (Wildman–Crippen LogP) is 2.46. The number of halogens is 1. The van der Waals surface area contributed by atoms with E-state index in [4.69, 9.17) is 16.6 Å². The molecule has 2 saturated heterocycles. The second-order valence-corrected chi connectivity index (χ2v) is 8.48. The molecule has 2 aliphatic heterocycles. The van der Waals surface area contributed by atoms with E-state index in [0.717, 1.165) is 63.2 Å². The summed E-state index contributed by atoms with van der Waals surface area (Å²) in [6.45, 7) is 13.9. The van der Waals surface area contributed by atoms with Gasteiger partial charge in [0.2, 0.25) is 0 Å². The second kappa shape index (κ2) is 11.6. The highest BCUT2D eigenvalue weighted by Gasteiger charge is 2.20. The van der Waals surface area contributed by atoms with Gasteiger partial charge in [0.1, 0.15) is 0 Å². The lowest BCUT2D eigenvalue weighted by Crippen LogP contribution is -2.52. The molecule has 7 heteroatoms. The van der Waals surface area contributed by atoms with Crippen LogP contribution >= 0.6 is 11.6 Å². The summed E-state index contributed by atoms with van der Waals surface area (Å²) in [6, 6.07) is 8.15. The van der Waals surface area contributed by atoms with Crippen molar-refractivity contribution >= 4 is 23.2 Å². The van der Waals surface area contributed by atoms with Gasteiger partial charge in [-0.25, -0.2) is 0 Å². The molecular weight excluding hydrogens is 384 g/mol. The fourth-order valence-electron chi connectivity index (χ4n) is 4.08. The zero-order chi connectivity index (χ0) is 20.5. The van der Waals surface area contributed by atoms with E-state index in [1.54, 1.807) is 0 Å². The minimum absolute atomic E-state index is 0.802. The lowest BCUT2D eigenvalue weighted by Gasteiger charge is -2.37. The van der Waals surface area contributed by atoms with Gasteiger partial charge in [-0.05, 0) is 64.6 Å². The van der Waals surface area contributed by atoms with Crippen molar-refractivity contribution in [1.29, 1.82) is 0 Å². The summed E-state index contributed by atoms with van der Waals surface area (Å²) in [6.07, 6.45) is 2.40. The van der Waals surface area contributed by atoms with Crippen LogP contribution < -0.4 is 10.2 Å². The summed E-state index contributed by atoms with van der Waals surface area (Å²) >= 11 is 6.16. The van der Waals surface area contributed by atoms with Crippen molar-refractivity contribution < 1.29 is 0 Å². The van der Waals surface area contributed by atoms with Crippen LogP contribution in [0.2, 0.25) is 5.02 Å². The van der Waals surface area contributed by atoms with Crippen LogP contribution in [0.1, 0.15) is 19.8 Å². The quantitative estimate of drug-likeness (QED) is 0.434. The van der Waals surface area contributed by atoms with Gasteiger partial charge in [0, 0.05) is 63.1 Å². The van der Waals surface area contributed by atoms with E-state index in [1.165, 1.54) is 38.3 Å². The van der Waals surface area contributed by atoms with E-state index < -0.39 is 0 Å². The van der Waals surface area contributed by atoms with Gasteiger partial charge >= 0.3 is 0 Å². The Morgan fingerprint density at radius 1 is 1.07 bits per heavy atom. The van der Waals surface area contributed by atoms with Gasteiger partial charge in [0.25, 0.3) is 0 Å². The molecule has 6 nitrogen and oxygen atoms in total. The highest BCUT2D eigenvalue weighted by molar-refractivity contribution is 6.30. The van der Waals surface area contributed by atoms with Crippen molar-refractivity contribution in [3.8, 4) is 0 Å². The molecule has 1 aromatic carbocycles. The summed E-state index contributed by atoms with van der Waals surface area (Å²) in [5.74, 6) is 1.06. The molecule has 2 heterocycles. The number of hydrogen-bond donors (Lipinski definition) is 1. The fourth-order valence-corrected chi connectivity index (χ4v) is 4.26. The molecule has 162 valence electrons. The SMILES string of the molecule is CCNC(=NCCCN1CCCN(C)CC1)N1CCN(c2cccc(Cl)c2)CC1. The second-order valence-electron chi connectivity index (χ2n) is 8.04. The van der Waals surface area contributed by atoms with Crippen LogP contribution in [0.3, 0.4) is 0 Å². The molecule has 0 atom stereocenters. The Labute approximate surface area is 181 Å². The molecule has 0 bridgehead atoms. The Hall–Kier alpha value is -1.50. The molecule has 0 aliphatic carbocycles. The Balaban J connectivity index is 1.45. The first-order valence-corrected chi connectivity index (χ1v) is 11.5. The first-order chi connectivity index (χ1) is 14.2.